The monoisotopic (exact) mass is 262 g/mol. The molecule has 1 N–H and O–H groups in total. The first-order valence-corrected chi connectivity index (χ1v) is 7.46. The molecule has 1 fully saturated rings. The van der Waals surface area contributed by atoms with Crippen molar-refractivity contribution in [2.75, 3.05) is 39.4 Å². The number of ether oxygens (including phenoxy) is 1. The Morgan fingerprint density at radius 1 is 1.32 bits per heavy atom. The summed E-state index contributed by atoms with van der Waals surface area (Å²) in [6.07, 6.45) is 2.35. The molecule has 0 bridgehead atoms. The Morgan fingerprint density at radius 2 is 2.16 bits per heavy atom. The van der Waals surface area contributed by atoms with Gasteiger partial charge in [0, 0.05) is 25.7 Å². The van der Waals surface area contributed by atoms with E-state index in [0.29, 0.717) is 6.04 Å². The van der Waals surface area contributed by atoms with Crippen LogP contribution in [0.4, 0.5) is 0 Å². The van der Waals surface area contributed by atoms with E-state index in [1.54, 1.807) is 0 Å². The quantitative estimate of drug-likeness (QED) is 0.793. The molecule has 1 aromatic carbocycles. The minimum absolute atomic E-state index is 0.562. The van der Waals surface area contributed by atoms with Crippen LogP contribution < -0.4 is 5.32 Å². The third-order valence-electron chi connectivity index (χ3n) is 3.64. The van der Waals surface area contributed by atoms with Crippen LogP contribution in [0.2, 0.25) is 0 Å². The molecule has 1 atom stereocenters. The first-order chi connectivity index (χ1) is 9.38. The van der Waals surface area contributed by atoms with E-state index in [-0.39, 0.29) is 0 Å². The summed E-state index contributed by atoms with van der Waals surface area (Å²) in [4.78, 5) is 2.53. The molecular weight excluding hydrogens is 236 g/mol. The van der Waals surface area contributed by atoms with E-state index in [1.807, 2.05) is 0 Å². The van der Waals surface area contributed by atoms with Gasteiger partial charge in [0.2, 0.25) is 0 Å². The molecule has 0 amide bonds. The summed E-state index contributed by atoms with van der Waals surface area (Å²) >= 11 is 0. The lowest BCUT2D eigenvalue weighted by Gasteiger charge is -2.24. The summed E-state index contributed by atoms with van der Waals surface area (Å²) < 4.78 is 5.47. The van der Waals surface area contributed by atoms with Crippen molar-refractivity contribution in [3.8, 4) is 0 Å². The number of hydrogen-bond acceptors (Lipinski definition) is 3. The van der Waals surface area contributed by atoms with Gasteiger partial charge < -0.3 is 10.1 Å². The molecule has 0 aliphatic carbocycles. The number of rotatable bonds is 6. The van der Waals surface area contributed by atoms with Gasteiger partial charge in [-0.05, 0) is 38.4 Å². The Balaban J connectivity index is 1.82. The minimum Gasteiger partial charge on any atom is -0.380 e. The van der Waals surface area contributed by atoms with E-state index in [0.717, 1.165) is 39.3 Å². The van der Waals surface area contributed by atoms with Crippen LogP contribution in [0.1, 0.15) is 18.9 Å². The lowest BCUT2D eigenvalue weighted by molar-refractivity contribution is 0.112. The zero-order chi connectivity index (χ0) is 13.3. The summed E-state index contributed by atoms with van der Waals surface area (Å²) in [6, 6.07) is 11.3. The van der Waals surface area contributed by atoms with Gasteiger partial charge in [0.25, 0.3) is 0 Å². The van der Waals surface area contributed by atoms with E-state index in [1.165, 1.54) is 18.5 Å². The van der Waals surface area contributed by atoms with Gasteiger partial charge in [-0.25, -0.2) is 0 Å². The molecule has 1 unspecified atom stereocenters. The summed E-state index contributed by atoms with van der Waals surface area (Å²) in [6.45, 7) is 8.23. The maximum atomic E-state index is 5.47. The molecule has 3 nitrogen and oxygen atoms in total. The van der Waals surface area contributed by atoms with Gasteiger partial charge in [-0.2, -0.15) is 0 Å². The fourth-order valence-corrected chi connectivity index (χ4v) is 2.65. The minimum atomic E-state index is 0.562. The highest BCUT2D eigenvalue weighted by molar-refractivity contribution is 5.16. The maximum absolute atomic E-state index is 5.47. The fraction of sp³-hybridized carbons (Fsp3) is 0.625. The lowest BCUT2D eigenvalue weighted by atomic mass is 10.1. The summed E-state index contributed by atoms with van der Waals surface area (Å²) in [5.74, 6) is 0. The summed E-state index contributed by atoms with van der Waals surface area (Å²) in [7, 11) is 0. The molecule has 19 heavy (non-hydrogen) atoms. The number of benzene rings is 1. The normalized spacial score (nSPS) is 21.2. The van der Waals surface area contributed by atoms with Crippen LogP contribution in [0, 0.1) is 0 Å². The van der Waals surface area contributed by atoms with Crippen LogP contribution in [-0.4, -0.2) is 50.3 Å². The van der Waals surface area contributed by atoms with Crippen LogP contribution in [0.15, 0.2) is 30.3 Å². The van der Waals surface area contributed by atoms with Crippen LogP contribution in [0.3, 0.4) is 0 Å². The molecule has 1 aliphatic rings. The van der Waals surface area contributed by atoms with Gasteiger partial charge in [-0.3, -0.25) is 4.90 Å². The van der Waals surface area contributed by atoms with E-state index in [2.05, 4.69) is 47.5 Å². The highest BCUT2D eigenvalue weighted by Gasteiger charge is 2.17. The molecule has 1 aromatic rings. The van der Waals surface area contributed by atoms with Crippen molar-refractivity contribution in [3.05, 3.63) is 35.9 Å². The molecular formula is C16H26N2O. The largest absolute Gasteiger partial charge is 0.380 e. The first-order valence-electron chi connectivity index (χ1n) is 7.46. The van der Waals surface area contributed by atoms with E-state index < -0.39 is 0 Å². The fourth-order valence-electron chi connectivity index (χ4n) is 2.65. The Morgan fingerprint density at radius 3 is 2.95 bits per heavy atom. The predicted molar refractivity (Wildman–Crippen MR) is 79.5 cm³/mol. The Bertz CT molecular complexity index is 342. The first kappa shape index (κ1) is 14.5. The average Bonchev–Trinajstić information content (AvgIpc) is 2.66. The number of nitrogens with zero attached hydrogens (tertiary/aromatic N) is 1. The predicted octanol–water partition coefficient (Wildman–Crippen LogP) is 1.93. The smallest absolute Gasteiger partial charge is 0.0593 e. The van der Waals surface area contributed by atoms with E-state index in [9.17, 15) is 0 Å². The molecule has 0 spiro atoms. The topological polar surface area (TPSA) is 24.5 Å². The second kappa shape index (κ2) is 8.31. The second-order valence-electron chi connectivity index (χ2n) is 5.19. The Labute approximate surface area is 116 Å². The zero-order valence-electron chi connectivity index (χ0n) is 12.0. The Kier molecular flexibility index (Phi) is 6.34. The van der Waals surface area contributed by atoms with Crippen LogP contribution in [0.25, 0.3) is 0 Å². The highest BCUT2D eigenvalue weighted by Crippen LogP contribution is 2.07. The summed E-state index contributed by atoms with van der Waals surface area (Å²) in [5, 5.41) is 3.67. The SMILES string of the molecule is CCOCCN1CCCNC(Cc2ccccc2)C1. The molecule has 106 valence electrons. The molecule has 3 heteroatoms. The van der Waals surface area contributed by atoms with Crippen LogP contribution in [-0.2, 0) is 11.2 Å². The van der Waals surface area contributed by atoms with Gasteiger partial charge in [-0.15, -0.1) is 0 Å². The molecule has 1 heterocycles. The number of nitrogens with one attached hydrogen (secondary N) is 1. The average molecular weight is 262 g/mol. The van der Waals surface area contributed by atoms with Crippen molar-refractivity contribution >= 4 is 0 Å². The van der Waals surface area contributed by atoms with E-state index >= 15 is 0 Å². The molecule has 0 saturated carbocycles. The van der Waals surface area contributed by atoms with Gasteiger partial charge in [0.15, 0.2) is 0 Å². The van der Waals surface area contributed by atoms with Crippen LogP contribution >= 0.6 is 0 Å². The van der Waals surface area contributed by atoms with Crippen molar-refractivity contribution < 1.29 is 4.74 Å². The van der Waals surface area contributed by atoms with Crippen LogP contribution in [0.5, 0.6) is 0 Å². The van der Waals surface area contributed by atoms with Gasteiger partial charge in [0.1, 0.15) is 0 Å². The van der Waals surface area contributed by atoms with Crippen molar-refractivity contribution in [1.29, 1.82) is 0 Å². The molecule has 0 aromatic heterocycles. The molecule has 2 rings (SSSR count). The third-order valence-corrected chi connectivity index (χ3v) is 3.64. The highest BCUT2D eigenvalue weighted by atomic mass is 16.5. The van der Waals surface area contributed by atoms with E-state index in [4.69, 9.17) is 4.74 Å². The molecule has 0 radical (unpaired) electrons. The summed E-state index contributed by atoms with van der Waals surface area (Å²) in [5.41, 5.74) is 1.42. The zero-order valence-corrected chi connectivity index (χ0v) is 12.0. The standard InChI is InChI=1S/C16H26N2O/c1-2-19-12-11-18-10-6-9-17-16(14-18)13-15-7-4-3-5-8-15/h3-5,7-8,16-17H,2,6,9-14H2,1H3. The second-order valence-corrected chi connectivity index (χ2v) is 5.19. The molecule has 1 aliphatic heterocycles. The van der Waals surface area contributed by atoms with Gasteiger partial charge in [0.05, 0.1) is 6.61 Å². The van der Waals surface area contributed by atoms with Crippen molar-refractivity contribution in [3.63, 3.8) is 0 Å². The van der Waals surface area contributed by atoms with Crippen molar-refractivity contribution in [2.45, 2.75) is 25.8 Å². The Hall–Kier alpha value is -0.900. The third kappa shape index (κ3) is 5.31. The number of hydrogen-bond donors (Lipinski definition) is 1. The van der Waals surface area contributed by atoms with Crippen molar-refractivity contribution in [1.82, 2.24) is 10.2 Å². The lowest BCUT2D eigenvalue weighted by Crippen LogP contribution is -2.40. The molecule has 1 saturated heterocycles. The van der Waals surface area contributed by atoms with Crippen molar-refractivity contribution in [2.24, 2.45) is 0 Å². The maximum Gasteiger partial charge on any atom is 0.0593 e. The van der Waals surface area contributed by atoms with Gasteiger partial charge >= 0.3 is 0 Å². The van der Waals surface area contributed by atoms with Gasteiger partial charge in [-0.1, -0.05) is 30.3 Å².